The summed E-state index contributed by atoms with van der Waals surface area (Å²) in [6.07, 6.45) is 2.58. The lowest BCUT2D eigenvalue weighted by Gasteiger charge is -2.12. The van der Waals surface area contributed by atoms with Crippen LogP contribution in [0, 0.1) is 0 Å². The molecule has 0 atom stereocenters. The lowest BCUT2D eigenvalue weighted by Crippen LogP contribution is -2.10. The van der Waals surface area contributed by atoms with Gasteiger partial charge in [-0.05, 0) is 19.9 Å². The van der Waals surface area contributed by atoms with Gasteiger partial charge in [-0.2, -0.15) is 0 Å². The van der Waals surface area contributed by atoms with Crippen LogP contribution in [0.2, 0.25) is 5.15 Å². The van der Waals surface area contributed by atoms with Gasteiger partial charge in [-0.15, -0.1) is 0 Å². The predicted octanol–water partition coefficient (Wildman–Crippen LogP) is 2.91. The van der Waals surface area contributed by atoms with E-state index in [1.54, 1.807) is 6.07 Å². The molecule has 0 fully saturated rings. The van der Waals surface area contributed by atoms with Gasteiger partial charge in [0.05, 0.1) is 11.3 Å². The molecule has 2 heterocycles. The van der Waals surface area contributed by atoms with E-state index in [1.165, 1.54) is 6.20 Å². The standard InChI is InChI=1S/C12H12ClN3O3/c1-6(2)15-8-3-10(13)14-4-7(8)11-16-9(5-19-11)12(17)18/h3-6H,1-2H3,(H,14,15)(H,17,18). The monoisotopic (exact) mass is 281 g/mol. The number of carbonyl (C=O) groups is 1. The highest BCUT2D eigenvalue weighted by Gasteiger charge is 2.16. The van der Waals surface area contributed by atoms with Gasteiger partial charge < -0.3 is 14.8 Å². The summed E-state index contributed by atoms with van der Waals surface area (Å²) in [5, 5.41) is 12.3. The number of anilines is 1. The van der Waals surface area contributed by atoms with E-state index in [0.717, 1.165) is 6.26 Å². The Bertz CT molecular complexity index is 610. The van der Waals surface area contributed by atoms with Gasteiger partial charge in [-0.3, -0.25) is 0 Å². The van der Waals surface area contributed by atoms with Gasteiger partial charge in [0.2, 0.25) is 5.89 Å². The number of nitrogens with one attached hydrogen (secondary N) is 1. The molecule has 100 valence electrons. The maximum Gasteiger partial charge on any atom is 0.357 e. The second-order valence-electron chi connectivity index (χ2n) is 4.19. The van der Waals surface area contributed by atoms with Gasteiger partial charge in [0.25, 0.3) is 0 Å². The average Bonchev–Trinajstić information content (AvgIpc) is 2.77. The molecular formula is C12H12ClN3O3. The lowest BCUT2D eigenvalue weighted by atomic mass is 10.2. The number of hydrogen-bond acceptors (Lipinski definition) is 5. The van der Waals surface area contributed by atoms with Gasteiger partial charge in [-0.1, -0.05) is 11.6 Å². The van der Waals surface area contributed by atoms with Gasteiger partial charge in [0.15, 0.2) is 5.69 Å². The van der Waals surface area contributed by atoms with Crippen LogP contribution in [-0.4, -0.2) is 27.1 Å². The third-order valence-corrected chi connectivity index (χ3v) is 2.48. The van der Waals surface area contributed by atoms with Gasteiger partial charge in [0, 0.05) is 12.2 Å². The molecule has 2 rings (SSSR count). The number of halogens is 1. The second-order valence-corrected chi connectivity index (χ2v) is 4.58. The summed E-state index contributed by atoms with van der Waals surface area (Å²) in [5.41, 5.74) is 1.10. The molecule has 2 aromatic heterocycles. The lowest BCUT2D eigenvalue weighted by molar-refractivity contribution is 0.0690. The van der Waals surface area contributed by atoms with Crippen LogP contribution in [-0.2, 0) is 0 Å². The first-order chi connectivity index (χ1) is 8.97. The number of aromatic nitrogens is 2. The van der Waals surface area contributed by atoms with Crippen LogP contribution in [0.4, 0.5) is 5.69 Å². The average molecular weight is 282 g/mol. The Kier molecular flexibility index (Phi) is 3.71. The third kappa shape index (κ3) is 3.03. The van der Waals surface area contributed by atoms with Crippen LogP contribution in [0.3, 0.4) is 0 Å². The summed E-state index contributed by atoms with van der Waals surface area (Å²) in [6, 6.07) is 1.81. The van der Waals surface area contributed by atoms with Crippen molar-refractivity contribution in [2.45, 2.75) is 19.9 Å². The van der Waals surface area contributed by atoms with Gasteiger partial charge in [-0.25, -0.2) is 14.8 Å². The molecule has 7 heteroatoms. The molecule has 0 aliphatic carbocycles. The molecule has 0 amide bonds. The largest absolute Gasteiger partial charge is 0.476 e. The number of carboxylic acids is 1. The fourth-order valence-corrected chi connectivity index (χ4v) is 1.68. The highest BCUT2D eigenvalue weighted by atomic mass is 35.5. The molecule has 2 N–H and O–H groups in total. The summed E-state index contributed by atoms with van der Waals surface area (Å²) in [5.74, 6) is -0.958. The smallest absolute Gasteiger partial charge is 0.357 e. The molecule has 6 nitrogen and oxygen atoms in total. The summed E-state index contributed by atoms with van der Waals surface area (Å²) in [6.45, 7) is 3.94. The Morgan fingerprint density at radius 3 is 2.84 bits per heavy atom. The Balaban J connectivity index is 2.45. The highest BCUT2D eigenvalue weighted by molar-refractivity contribution is 6.29. The molecule has 0 radical (unpaired) electrons. The minimum absolute atomic E-state index is 0.152. The third-order valence-electron chi connectivity index (χ3n) is 2.27. The molecule has 0 bridgehead atoms. The topological polar surface area (TPSA) is 88.2 Å². The first kappa shape index (κ1) is 13.4. The zero-order chi connectivity index (χ0) is 14.0. The molecule has 0 saturated heterocycles. The van der Waals surface area contributed by atoms with Crippen molar-refractivity contribution in [2.75, 3.05) is 5.32 Å². The van der Waals surface area contributed by atoms with E-state index in [1.807, 2.05) is 13.8 Å². The van der Waals surface area contributed by atoms with E-state index in [-0.39, 0.29) is 17.6 Å². The van der Waals surface area contributed by atoms with Crippen LogP contribution in [0.1, 0.15) is 24.3 Å². The quantitative estimate of drug-likeness (QED) is 0.838. The van der Waals surface area contributed by atoms with Crippen LogP contribution in [0.15, 0.2) is 22.9 Å². The van der Waals surface area contributed by atoms with Crippen molar-refractivity contribution < 1.29 is 14.3 Å². The Morgan fingerprint density at radius 2 is 2.26 bits per heavy atom. The fourth-order valence-electron chi connectivity index (χ4n) is 1.53. The molecule has 0 unspecified atom stereocenters. The summed E-state index contributed by atoms with van der Waals surface area (Å²) in [4.78, 5) is 18.6. The SMILES string of the molecule is CC(C)Nc1cc(Cl)ncc1-c1nc(C(=O)O)co1. The van der Waals surface area contributed by atoms with Crippen molar-refractivity contribution >= 4 is 23.3 Å². The first-order valence-electron chi connectivity index (χ1n) is 5.58. The minimum atomic E-state index is -1.14. The minimum Gasteiger partial charge on any atom is -0.476 e. The van der Waals surface area contributed by atoms with Crippen LogP contribution >= 0.6 is 11.6 Å². The molecular weight excluding hydrogens is 270 g/mol. The van der Waals surface area contributed by atoms with Crippen molar-refractivity contribution in [2.24, 2.45) is 0 Å². The van der Waals surface area contributed by atoms with E-state index in [2.05, 4.69) is 15.3 Å². The molecule has 0 saturated carbocycles. The first-order valence-corrected chi connectivity index (χ1v) is 5.96. The van der Waals surface area contributed by atoms with Gasteiger partial charge >= 0.3 is 5.97 Å². The molecule has 0 aliphatic heterocycles. The number of hydrogen-bond donors (Lipinski definition) is 2. The summed E-state index contributed by atoms with van der Waals surface area (Å²) in [7, 11) is 0. The number of rotatable bonds is 4. The van der Waals surface area contributed by atoms with Crippen LogP contribution < -0.4 is 5.32 Å². The van der Waals surface area contributed by atoms with E-state index in [4.69, 9.17) is 21.1 Å². The second kappa shape index (κ2) is 5.27. The number of nitrogens with zero attached hydrogens (tertiary/aromatic N) is 2. The summed E-state index contributed by atoms with van der Waals surface area (Å²) < 4.78 is 5.16. The molecule has 0 aliphatic rings. The Morgan fingerprint density at radius 1 is 1.53 bits per heavy atom. The normalized spacial score (nSPS) is 10.7. The van der Waals surface area contributed by atoms with Crippen molar-refractivity contribution in [3.05, 3.63) is 29.4 Å². The van der Waals surface area contributed by atoms with Crippen molar-refractivity contribution in [1.82, 2.24) is 9.97 Å². The molecule has 2 aromatic rings. The number of aromatic carboxylic acids is 1. The number of carboxylic acid groups (broad SMARTS) is 1. The van der Waals surface area contributed by atoms with E-state index >= 15 is 0 Å². The van der Waals surface area contributed by atoms with Crippen molar-refractivity contribution in [3.63, 3.8) is 0 Å². The van der Waals surface area contributed by atoms with Gasteiger partial charge in [0.1, 0.15) is 11.4 Å². The molecule has 0 spiro atoms. The zero-order valence-electron chi connectivity index (χ0n) is 10.3. The molecule has 19 heavy (non-hydrogen) atoms. The van der Waals surface area contributed by atoms with Crippen LogP contribution in [0.25, 0.3) is 11.5 Å². The predicted molar refractivity (Wildman–Crippen MR) is 70.5 cm³/mol. The van der Waals surface area contributed by atoms with E-state index < -0.39 is 5.97 Å². The number of oxazole rings is 1. The number of pyridine rings is 1. The molecule has 0 aromatic carbocycles. The zero-order valence-corrected chi connectivity index (χ0v) is 11.1. The summed E-state index contributed by atoms with van der Waals surface area (Å²) >= 11 is 5.85. The van der Waals surface area contributed by atoms with E-state index in [0.29, 0.717) is 16.4 Å². The van der Waals surface area contributed by atoms with Crippen molar-refractivity contribution in [1.29, 1.82) is 0 Å². The Labute approximate surface area is 114 Å². The maximum atomic E-state index is 10.8. The highest BCUT2D eigenvalue weighted by Crippen LogP contribution is 2.29. The van der Waals surface area contributed by atoms with Crippen molar-refractivity contribution in [3.8, 4) is 11.5 Å². The fraction of sp³-hybridized carbons (Fsp3) is 0.250. The van der Waals surface area contributed by atoms with E-state index in [9.17, 15) is 4.79 Å². The Hall–Kier alpha value is -2.08. The van der Waals surface area contributed by atoms with Crippen LogP contribution in [0.5, 0.6) is 0 Å². The maximum absolute atomic E-state index is 10.8.